The minimum Gasteiger partial charge on any atom is -0.445 e. The highest BCUT2D eigenvalue weighted by Gasteiger charge is 2.37. The number of hydrogen-bond acceptors (Lipinski definition) is 3. The number of halogens is 4. The first-order valence-electron chi connectivity index (χ1n) is 21.1. The van der Waals surface area contributed by atoms with Gasteiger partial charge in [0, 0.05) is 12.8 Å². The van der Waals surface area contributed by atoms with Gasteiger partial charge < -0.3 is 4.74 Å². The molecular formula is C54H61F4NOS. The zero-order chi connectivity index (χ0) is 44.7. The molecule has 0 saturated heterocycles. The summed E-state index contributed by atoms with van der Waals surface area (Å²) in [6, 6.07) is 34.1. The maximum atomic E-state index is 13.4. The molecule has 1 aliphatic rings. The highest BCUT2D eigenvalue weighted by atomic mass is 32.1. The molecule has 0 amide bonds. The van der Waals surface area contributed by atoms with Crippen LogP contribution in [0.2, 0.25) is 0 Å². The van der Waals surface area contributed by atoms with E-state index in [9.17, 15) is 17.6 Å². The number of thiazole rings is 1. The third-order valence-electron chi connectivity index (χ3n) is 10.3. The Kier molecular flexibility index (Phi) is 18.3. The SMILES string of the molecule is C=C(/C=C\CC)C(C)C.CC(C)c1ccc(-c2ccc(F)c(F)c2)cc1.CC(C)c1ccc(-c2ccc3c(c2)CC(F)(F)C3)cc1.CC(C)c1ccc(Oc2cncs2)cc1. The predicted octanol–water partition coefficient (Wildman–Crippen LogP) is 17.2. The Morgan fingerprint density at radius 3 is 1.59 bits per heavy atom. The Bertz CT molecular complexity index is 2270. The molecule has 1 aliphatic carbocycles. The fraction of sp³-hybridized carbons (Fsp3) is 0.315. The van der Waals surface area contributed by atoms with Gasteiger partial charge in [-0.15, -0.1) is 0 Å². The summed E-state index contributed by atoms with van der Waals surface area (Å²) in [5.74, 6) is -1.21. The first-order chi connectivity index (χ1) is 29.0. The molecule has 1 aromatic heterocycles. The maximum Gasteiger partial charge on any atom is 0.256 e. The van der Waals surface area contributed by atoms with Crippen molar-refractivity contribution in [3.63, 3.8) is 0 Å². The molecule has 61 heavy (non-hydrogen) atoms. The highest BCUT2D eigenvalue weighted by molar-refractivity contribution is 7.11. The van der Waals surface area contributed by atoms with Crippen molar-refractivity contribution in [1.82, 2.24) is 4.98 Å². The Hall–Kier alpha value is -5.27. The van der Waals surface area contributed by atoms with E-state index in [1.54, 1.807) is 17.8 Å². The maximum absolute atomic E-state index is 13.4. The van der Waals surface area contributed by atoms with Gasteiger partial charge in [-0.05, 0) is 104 Å². The van der Waals surface area contributed by atoms with Crippen LogP contribution >= 0.6 is 11.3 Å². The zero-order valence-corrected chi connectivity index (χ0v) is 37.9. The molecule has 0 N–H and O–H groups in total. The Morgan fingerprint density at radius 1 is 0.656 bits per heavy atom. The topological polar surface area (TPSA) is 22.1 Å². The van der Waals surface area contributed by atoms with E-state index in [1.807, 2.05) is 54.6 Å². The molecule has 1 heterocycles. The number of benzene rings is 5. The van der Waals surface area contributed by atoms with Gasteiger partial charge in [0.25, 0.3) is 5.92 Å². The smallest absolute Gasteiger partial charge is 0.256 e. The summed E-state index contributed by atoms with van der Waals surface area (Å²) in [6.45, 7) is 23.3. The summed E-state index contributed by atoms with van der Waals surface area (Å²) in [6.07, 6.45) is 6.83. The van der Waals surface area contributed by atoms with Crippen LogP contribution in [0.5, 0.6) is 10.8 Å². The number of aromatic nitrogens is 1. The lowest BCUT2D eigenvalue weighted by Gasteiger charge is -2.08. The lowest BCUT2D eigenvalue weighted by atomic mass is 9.97. The van der Waals surface area contributed by atoms with Crippen LogP contribution in [0, 0.1) is 17.6 Å². The van der Waals surface area contributed by atoms with E-state index in [1.165, 1.54) is 39.7 Å². The van der Waals surface area contributed by atoms with Gasteiger partial charge in [0.1, 0.15) is 5.75 Å². The average Bonchev–Trinajstić information content (AvgIpc) is 3.87. The van der Waals surface area contributed by atoms with Gasteiger partial charge in [0.05, 0.1) is 11.7 Å². The first-order valence-corrected chi connectivity index (χ1v) is 22.0. The molecule has 0 fully saturated rings. The van der Waals surface area contributed by atoms with Crippen LogP contribution in [0.15, 0.2) is 145 Å². The number of allylic oxidation sites excluding steroid dienone is 3. The minimum atomic E-state index is -2.57. The van der Waals surface area contributed by atoms with Crippen LogP contribution in [0.3, 0.4) is 0 Å². The number of rotatable bonds is 10. The van der Waals surface area contributed by atoms with Crippen molar-refractivity contribution in [3.8, 4) is 33.1 Å². The van der Waals surface area contributed by atoms with Crippen molar-refractivity contribution in [1.29, 1.82) is 0 Å². The van der Waals surface area contributed by atoms with Crippen molar-refractivity contribution in [2.75, 3.05) is 0 Å². The van der Waals surface area contributed by atoms with E-state index >= 15 is 0 Å². The second kappa shape index (κ2) is 23.1. The fourth-order valence-corrected chi connectivity index (χ4v) is 6.80. The molecule has 0 radical (unpaired) electrons. The van der Waals surface area contributed by atoms with Gasteiger partial charge in [0.15, 0.2) is 11.6 Å². The van der Waals surface area contributed by atoms with Crippen LogP contribution in [0.4, 0.5) is 17.6 Å². The molecule has 0 atom stereocenters. The van der Waals surface area contributed by atoms with E-state index in [-0.39, 0.29) is 12.8 Å². The molecule has 7 rings (SSSR count). The Labute approximate surface area is 366 Å². The van der Waals surface area contributed by atoms with Crippen LogP contribution < -0.4 is 4.74 Å². The van der Waals surface area contributed by atoms with Gasteiger partial charge in [-0.3, -0.25) is 0 Å². The van der Waals surface area contributed by atoms with Crippen LogP contribution in [0.25, 0.3) is 22.3 Å². The second-order valence-electron chi connectivity index (χ2n) is 16.6. The third kappa shape index (κ3) is 15.3. The van der Waals surface area contributed by atoms with Crippen LogP contribution in [-0.4, -0.2) is 10.9 Å². The molecular weight excluding hydrogens is 787 g/mol. The molecule has 6 aromatic rings. The van der Waals surface area contributed by atoms with E-state index in [4.69, 9.17) is 4.74 Å². The first kappa shape index (κ1) is 48.4. The van der Waals surface area contributed by atoms with E-state index in [2.05, 4.69) is 122 Å². The number of alkyl halides is 2. The molecule has 0 unspecified atom stereocenters. The highest BCUT2D eigenvalue weighted by Crippen LogP contribution is 2.37. The number of fused-ring (bicyclic) bond motifs is 1. The van der Waals surface area contributed by atoms with Gasteiger partial charge in [0.2, 0.25) is 5.06 Å². The largest absolute Gasteiger partial charge is 0.445 e. The Morgan fingerprint density at radius 2 is 1.13 bits per heavy atom. The van der Waals surface area contributed by atoms with Gasteiger partial charge in [-0.1, -0.05) is 183 Å². The van der Waals surface area contributed by atoms with Gasteiger partial charge >= 0.3 is 0 Å². The van der Waals surface area contributed by atoms with Crippen LogP contribution in [0.1, 0.15) is 114 Å². The second-order valence-corrected chi connectivity index (χ2v) is 17.4. The molecule has 5 aromatic carbocycles. The summed E-state index contributed by atoms with van der Waals surface area (Å²) in [4.78, 5) is 3.96. The molecule has 0 bridgehead atoms. The van der Waals surface area contributed by atoms with E-state index in [0.717, 1.165) is 51.1 Å². The minimum absolute atomic E-state index is 0.116. The Balaban J connectivity index is 0.000000185. The number of hydrogen-bond donors (Lipinski definition) is 0. The van der Waals surface area contributed by atoms with E-state index in [0.29, 0.717) is 29.2 Å². The van der Waals surface area contributed by atoms with Crippen molar-refractivity contribution < 1.29 is 22.3 Å². The van der Waals surface area contributed by atoms with Gasteiger partial charge in [-0.25, -0.2) is 22.5 Å². The van der Waals surface area contributed by atoms with Crippen molar-refractivity contribution in [2.24, 2.45) is 5.92 Å². The normalized spacial score (nSPS) is 12.7. The molecule has 0 spiro atoms. The number of ether oxygens (including phenoxy) is 1. The molecule has 0 saturated carbocycles. The lowest BCUT2D eigenvalue weighted by molar-refractivity contribution is 0.0130. The van der Waals surface area contributed by atoms with E-state index < -0.39 is 17.6 Å². The summed E-state index contributed by atoms with van der Waals surface area (Å²) < 4.78 is 58.3. The van der Waals surface area contributed by atoms with Crippen molar-refractivity contribution in [3.05, 3.63) is 185 Å². The summed E-state index contributed by atoms with van der Waals surface area (Å²) in [5, 5.41) is 0.826. The molecule has 0 aliphatic heterocycles. The third-order valence-corrected chi connectivity index (χ3v) is 11.0. The summed E-state index contributed by atoms with van der Waals surface area (Å²) in [5.41, 5.74) is 12.1. The fourth-order valence-electron chi connectivity index (χ4n) is 6.31. The van der Waals surface area contributed by atoms with Crippen molar-refractivity contribution >= 4 is 11.3 Å². The summed E-state index contributed by atoms with van der Waals surface area (Å²) >= 11 is 1.49. The predicted molar refractivity (Wildman–Crippen MR) is 250 cm³/mol. The quantitative estimate of drug-likeness (QED) is 0.101. The molecule has 7 heteroatoms. The summed E-state index contributed by atoms with van der Waals surface area (Å²) in [7, 11) is 0. The van der Waals surface area contributed by atoms with Crippen molar-refractivity contribution in [2.45, 2.75) is 105 Å². The average molecular weight is 848 g/mol. The monoisotopic (exact) mass is 847 g/mol. The molecule has 2 nitrogen and oxygen atoms in total. The van der Waals surface area contributed by atoms with Gasteiger partial charge in [-0.2, -0.15) is 0 Å². The number of nitrogens with zero attached hydrogens (tertiary/aromatic N) is 1. The standard InChI is InChI=1S/C18H18F2.C15H14F2.C12H13NOS.C9H16/c1-12(2)13-3-5-14(6-4-13)15-7-8-16-10-18(19,20)11-17(16)9-15;1-10(2)11-3-5-12(6-4-11)13-7-8-14(16)15(17)9-13;1-9(2)10-3-5-11(6-4-10)14-12-7-13-8-15-12;1-5-6-7-9(4)8(2)3/h3-9,12H,10-11H2,1-2H3;3-10H,1-2H3;3-9H,1-2H3;6-8H,4-5H2,1-3H3/b;;;7-6-. The molecule has 322 valence electrons. The lowest BCUT2D eigenvalue weighted by Crippen LogP contribution is -2.14. The zero-order valence-electron chi connectivity index (χ0n) is 37.1. The van der Waals surface area contributed by atoms with Crippen LogP contribution in [-0.2, 0) is 12.8 Å².